The molecular weight excluding hydrogens is 294 g/mol. The Bertz CT molecular complexity index is 485. The molecule has 0 bridgehead atoms. The Morgan fingerprint density at radius 1 is 1.00 bits per heavy atom. The van der Waals surface area contributed by atoms with Gasteiger partial charge in [-0.2, -0.15) is 0 Å². The van der Waals surface area contributed by atoms with Crippen LogP contribution in [0.3, 0.4) is 0 Å². The summed E-state index contributed by atoms with van der Waals surface area (Å²) in [6.07, 6.45) is -0.0780. The average Bonchev–Trinajstić information content (AvgIpc) is 2.50. The summed E-state index contributed by atoms with van der Waals surface area (Å²) < 4.78 is 10.4. The van der Waals surface area contributed by atoms with Crippen LogP contribution in [0.5, 0.6) is 0 Å². The SMILES string of the molecule is CC(C)COC(=O)NC(CC(C)C)C(=O)OCc1ccccc1. The van der Waals surface area contributed by atoms with Crippen LogP contribution in [0.4, 0.5) is 4.79 Å². The van der Waals surface area contributed by atoms with Crippen LogP contribution in [-0.4, -0.2) is 24.7 Å². The highest BCUT2D eigenvalue weighted by molar-refractivity contribution is 5.81. The molecule has 0 aromatic heterocycles. The highest BCUT2D eigenvalue weighted by Gasteiger charge is 2.24. The number of nitrogens with one attached hydrogen (secondary N) is 1. The van der Waals surface area contributed by atoms with Gasteiger partial charge < -0.3 is 14.8 Å². The molecule has 0 spiro atoms. The van der Waals surface area contributed by atoms with Crippen LogP contribution in [0.15, 0.2) is 30.3 Å². The minimum Gasteiger partial charge on any atom is -0.459 e. The molecule has 1 atom stereocenters. The van der Waals surface area contributed by atoms with Gasteiger partial charge in [-0.3, -0.25) is 0 Å². The van der Waals surface area contributed by atoms with Gasteiger partial charge in [0.25, 0.3) is 0 Å². The summed E-state index contributed by atoms with van der Waals surface area (Å²) in [5, 5.41) is 2.60. The molecule has 1 unspecified atom stereocenters. The van der Waals surface area contributed by atoms with Crippen molar-refractivity contribution in [1.82, 2.24) is 5.32 Å². The number of rotatable bonds is 8. The van der Waals surface area contributed by atoms with Crippen molar-refractivity contribution in [2.45, 2.75) is 46.8 Å². The molecule has 0 aliphatic heterocycles. The third-order valence-electron chi connectivity index (χ3n) is 3.06. The zero-order valence-electron chi connectivity index (χ0n) is 14.4. The number of benzene rings is 1. The Morgan fingerprint density at radius 3 is 2.22 bits per heavy atom. The molecule has 0 aliphatic carbocycles. The summed E-state index contributed by atoms with van der Waals surface area (Å²) >= 11 is 0. The third-order valence-corrected chi connectivity index (χ3v) is 3.06. The number of alkyl carbamates (subject to hydrolysis) is 1. The first-order chi connectivity index (χ1) is 10.9. The van der Waals surface area contributed by atoms with Crippen LogP contribution < -0.4 is 5.32 Å². The predicted octanol–water partition coefficient (Wildman–Crippen LogP) is 3.53. The van der Waals surface area contributed by atoms with E-state index in [-0.39, 0.29) is 18.4 Å². The van der Waals surface area contributed by atoms with Gasteiger partial charge in [-0.15, -0.1) is 0 Å². The molecule has 1 amide bonds. The molecule has 0 radical (unpaired) electrons. The molecule has 1 N–H and O–H groups in total. The van der Waals surface area contributed by atoms with Gasteiger partial charge >= 0.3 is 12.1 Å². The van der Waals surface area contributed by atoms with Gasteiger partial charge in [0.05, 0.1) is 6.61 Å². The van der Waals surface area contributed by atoms with Gasteiger partial charge in [0.2, 0.25) is 0 Å². The van der Waals surface area contributed by atoms with Crippen molar-refractivity contribution in [2.75, 3.05) is 6.61 Å². The lowest BCUT2D eigenvalue weighted by Gasteiger charge is -2.19. The number of carbonyl (C=O) groups excluding carboxylic acids is 2. The number of ether oxygens (including phenoxy) is 2. The smallest absolute Gasteiger partial charge is 0.407 e. The van der Waals surface area contributed by atoms with Crippen molar-refractivity contribution in [3.05, 3.63) is 35.9 Å². The molecule has 0 saturated carbocycles. The Labute approximate surface area is 138 Å². The molecule has 1 aromatic carbocycles. The van der Waals surface area contributed by atoms with Crippen LogP contribution in [0, 0.1) is 11.8 Å². The van der Waals surface area contributed by atoms with Gasteiger partial charge in [-0.25, -0.2) is 9.59 Å². The van der Waals surface area contributed by atoms with E-state index in [0.717, 1.165) is 5.56 Å². The summed E-state index contributed by atoms with van der Waals surface area (Å²) in [6, 6.07) is 8.74. The molecule has 1 aromatic rings. The second-order valence-electron chi connectivity index (χ2n) is 6.41. The van der Waals surface area contributed by atoms with E-state index < -0.39 is 18.1 Å². The summed E-state index contributed by atoms with van der Waals surface area (Å²) in [5.41, 5.74) is 0.909. The molecule has 0 heterocycles. The van der Waals surface area contributed by atoms with Gasteiger partial charge in [0, 0.05) is 0 Å². The minimum atomic E-state index is -0.696. The summed E-state index contributed by atoms with van der Waals surface area (Å²) in [5.74, 6) is 0.0491. The van der Waals surface area contributed by atoms with E-state index in [4.69, 9.17) is 9.47 Å². The zero-order valence-corrected chi connectivity index (χ0v) is 14.4. The number of hydrogen-bond acceptors (Lipinski definition) is 4. The van der Waals surface area contributed by atoms with Gasteiger partial charge in [0.15, 0.2) is 0 Å². The summed E-state index contributed by atoms with van der Waals surface area (Å²) in [7, 11) is 0. The van der Waals surface area contributed by atoms with Crippen molar-refractivity contribution in [1.29, 1.82) is 0 Å². The molecule has 5 heteroatoms. The largest absolute Gasteiger partial charge is 0.459 e. The van der Waals surface area contributed by atoms with Crippen molar-refractivity contribution in [3.63, 3.8) is 0 Å². The lowest BCUT2D eigenvalue weighted by molar-refractivity contribution is -0.147. The Kier molecular flexibility index (Phi) is 8.16. The quantitative estimate of drug-likeness (QED) is 0.744. The third kappa shape index (κ3) is 8.24. The highest BCUT2D eigenvalue weighted by atomic mass is 16.6. The molecule has 5 nitrogen and oxygen atoms in total. The maximum atomic E-state index is 12.2. The van der Waals surface area contributed by atoms with E-state index in [0.29, 0.717) is 13.0 Å². The Morgan fingerprint density at radius 2 is 1.65 bits per heavy atom. The number of hydrogen-bond donors (Lipinski definition) is 1. The van der Waals surface area contributed by atoms with E-state index in [1.807, 2.05) is 58.0 Å². The zero-order chi connectivity index (χ0) is 17.2. The van der Waals surface area contributed by atoms with Crippen molar-refractivity contribution in [3.8, 4) is 0 Å². The number of amides is 1. The number of esters is 1. The first kappa shape index (κ1) is 19.0. The average molecular weight is 321 g/mol. The van der Waals surface area contributed by atoms with Gasteiger partial charge in [0.1, 0.15) is 12.6 Å². The lowest BCUT2D eigenvalue weighted by Crippen LogP contribution is -2.43. The number of carbonyl (C=O) groups is 2. The van der Waals surface area contributed by atoms with Crippen molar-refractivity contribution >= 4 is 12.1 Å². The standard InChI is InChI=1S/C18H27NO4/c1-13(2)10-16(19-18(21)23-11-14(3)4)17(20)22-12-15-8-6-5-7-9-15/h5-9,13-14,16H,10-12H2,1-4H3,(H,19,21). The molecule has 0 saturated heterocycles. The first-order valence-electron chi connectivity index (χ1n) is 8.02. The van der Waals surface area contributed by atoms with Crippen LogP contribution in [-0.2, 0) is 20.9 Å². The summed E-state index contributed by atoms with van der Waals surface area (Å²) in [6.45, 7) is 8.38. The fourth-order valence-electron chi connectivity index (χ4n) is 1.94. The Balaban J connectivity index is 2.54. The fourth-order valence-corrected chi connectivity index (χ4v) is 1.94. The monoisotopic (exact) mass is 321 g/mol. The second kappa shape index (κ2) is 9.87. The van der Waals surface area contributed by atoms with Crippen LogP contribution in [0.2, 0.25) is 0 Å². The van der Waals surface area contributed by atoms with E-state index in [1.54, 1.807) is 0 Å². The lowest BCUT2D eigenvalue weighted by atomic mass is 10.0. The van der Waals surface area contributed by atoms with E-state index >= 15 is 0 Å². The van der Waals surface area contributed by atoms with Crippen molar-refractivity contribution in [2.24, 2.45) is 11.8 Å². The maximum Gasteiger partial charge on any atom is 0.407 e. The molecule has 23 heavy (non-hydrogen) atoms. The molecule has 1 rings (SSSR count). The minimum absolute atomic E-state index is 0.191. The summed E-state index contributed by atoms with van der Waals surface area (Å²) in [4.78, 5) is 24.0. The van der Waals surface area contributed by atoms with Crippen LogP contribution in [0.1, 0.15) is 39.7 Å². The van der Waals surface area contributed by atoms with Crippen LogP contribution >= 0.6 is 0 Å². The van der Waals surface area contributed by atoms with E-state index in [9.17, 15) is 9.59 Å². The van der Waals surface area contributed by atoms with E-state index in [1.165, 1.54) is 0 Å². The van der Waals surface area contributed by atoms with Gasteiger partial charge in [-0.1, -0.05) is 58.0 Å². The molecule has 0 aliphatic rings. The predicted molar refractivity (Wildman–Crippen MR) is 88.8 cm³/mol. The Hall–Kier alpha value is -2.04. The molecule has 0 fully saturated rings. The van der Waals surface area contributed by atoms with Crippen LogP contribution in [0.25, 0.3) is 0 Å². The van der Waals surface area contributed by atoms with Gasteiger partial charge in [-0.05, 0) is 23.8 Å². The molecule has 128 valence electrons. The van der Waals surface area contributed by atoms with Crippen molar-refractivity contribution < 1.29 is 19.1 Å². The maximum absolute atomic E-state index is 12.2. The fraction of sp³-hybridized carbons (Fsp3) is 0.556. The second-order valence-corrected chi connectivity index (χ2v) is 6.41. The first-order valence-corrected chi connectivity index (χ1v) is 8.02. The molecular formula is C18H27NO4. The highest BCUT2D eigenvalue weighted by Crippen LogP contribution is 2.09. The van der Waals surface area contributed by atoms with E-state index in [2.05, 4.69) is 5.32 Å². The topological polar surface area (TPSA) is 64.6 Å². The normalized spacial score (nSPS) is 12.1.